The van der Waals surface area contributed by atoms with E-state index in [0.29, 0.717) is 6.61 Å². The van der Waals surface area contributed by atoms with Gasteiger partial charge in [0.1, 0.15) is 22.2 Å². The van der Waals surface area contributed by atoms with Crippen molar-refractivity contribution >= 4 is 37.4 Å². The predicted molar refractivity (Wildman–Crippen MR) is 109 cm³/mol. The summed E-state index contributed by atoms with van der Waals surface area (Å²) in [4.78, 5) is 10.8. The highest BCUT2D eigenvalue weighted by molar-refractivity contribution is 7.26. The standard InChI is InChI=1S/C21H17N5OS/c1-21(2)8-13-14(9-27-21)16(12-6-4-3-5-7-12)24-20-15(13)17-18(28-20)19-25-23-11-26(19)10-22-17/h3-7,10-11H,8-9H2,1-2H3. The highest BCUT2D eigenvalue weighted by atomic mass is 32.1. The first-order valence-electron chi connectivity index (χ1n) is 9.22. The number of ether oxygens (including phenoxy) is 1. The van der Waals surface area contributed by atoms with Crippen LogP contribution in [0.15, 0.2) is 43.0 Å². The molecule has 0 saturated carbocycles. The molecular formula is C21H17N5OS. The fraction of sp³-hybridized carbons (Fsp3) is 0.238. The zero-order chi connectivity index (χ0) is 18.9. The van der Waals surface area contributed by atoms with E-state index in [0.717, 1.165) is 43.8 Å². The van der Waals surface area contributed by atoms with Crippen molar-refractivity contribution < 1.29 is 4.74 Å². The molecule has 138 valence electrons. The summed E-state index contributed by atoms with van der Waals surface area (Å²) in [6, 6.07) is 10.3. The number of fused-ring (bicyclic) bond motifs is 7. The molecule has 5 heterocycles. The van der Waals surface area contributed by atoms with Crippen molar-refractivity contribution in [2.45, 2.75) is 32.5 Å². The molecule has 0 radical (unpaired) electrons. The molecule has 28 heavy (non-hydrogen) atoms. The van der Waals surface area contributed by atoms with E-state index in [9.17, 15) is 0 Å². The van der Waals surface area contributed by atoms with Gasteiger partial charge in [-0.25, -0.2) is 9.97 Å². The normalized spacial score (nSPS) is 16.1. The van der Waals surface area contributed by atoms with Crippen molar-refractivity contribution in [2.24, 2.45) is 0 Å². The molecular weight excluding hydrogens is 370 g/mol. The monoisotopic (exact) mass is 387 g/mol. The minimum Gasteiger partial charge on any atom is -0.370 e. The van der Waals surface area contributed by atoms with Crippen LogP contribution >= 0.6 is 11.3 Å². The number of aromatic nitrogens is 5. The summed E-state index contributed by atoms with van der Waals surface area (Å²) in [7, 11) is 0. The summed E-state index contributed by atoms with van der Waals surface area (Å²) in [5.41, 5.74) is 6.15. The second kappa shape index (κ2) is 5.56. The molecule has 6 nitrogen and oxygen atoms in total. The van der Waals surface area contributed by atoms with Crippen LogP contribution in [0.2, 0.25) is 0 Å². The van der Waals surface area contributed by atoms with Crippen LogP contribution in [0.3, 0.4) is 0 Å². The third kappa shape index (κ3) is 2.23. The molecule has 7 heteroatoms. The first kappa shape index (κ1) is 16.1. The Balaban J connectivity index is 1.77. The van der Waals surface area contributed by atoms with Gasteiger partial charge in [0.15, 0.2) is 5.65 Å². The highest BCUT2D eigenvalue weighted by Gasteiger charge is 2.32. The maximum Gasteiger partial charge on any atom is 0.181 e. The van der Waals surface area contributed by atoms with Crippen LogP contribution in [0, 0.1) is 0 Å². The fourth-order valence-corrected chi connectivity index (χ4v) is 5.18. The van der Waals surface area contributed by atoms with Gasteiger partial charge in [-0.1, -0.05) is 30.3 Å². The van der Waals surface area contributed by atoms with Crippen molar-refractivity contribution in [1.29, 1.82) is 0 Å². The maximum atomic E-state index is 6.17. The van der Waals surface area contributed by atoms with Gasteiger partial charge in [0.05, 0.1) is 23.4 Å². The van der Waals surface area contributed by atoms with E-state index < -0.39 is 0 Å². The first-order valence-corrected chi connectivity index (χ1v) is 10.0. The third-order valence-electron chi connectivity index (χ3n) is 5.37. The fourth-order valence-electron chi connectivity index (χ4n) is 4.04. The molecule has 0 fully saturated rings. The lowest BCUT2D eigenvalue weighted by molar-refractivity contribution is -0.0394. The molecule has 1 aromatic carbocycles. The molecule has 1 aliphatic rings. The second-order valence-electron chi connectivity index (χ2n) is 7.78. The van der Waals surface area contributed by atoms with E-state index in [1.54, 1.807) is 24.0 Å². The summed E-state index contributed by atoms with van der Waals surface area (Å²) < 4.78 is 9.05. The number of pyridine rings is 1. The van der Waals surface area contributed by atoms with Gasteiger partial charge in [-0.3, -0.25) is 4.40 Å². The number of rotatable bonds is 1. The Morgan fingerprint density at radius 1 is 1.11 bits per heavy atom. The molecule has 0 saturated heterocycles. The summed E-state index contributed by atoms with van der Waals surface area (Å²) in [6.07, 6.45) is 4.29. The van der Waals surface area contributed by atoms with Gasteiger partial charge in [0, 0.05) is 22.9 Å². The van der Waals surface area contributed by atoms with Crippen LogP contribution < -0.4 is 0 Å². The predicted octanol–water partition coefficient (Wildman–Crippen LogP) is 4.41. The summed E-state index contributed by atoms with van der Waals surface area (Å²) in [6.45, 7) is 4.84. The summed E-state index contributed by atoms with van der Waals surface area (Å²) >= 11 is 1.64. The quantitative estimate of drug-likeness (QED) is 0.426. The van der Waals surface area contributed by atoms with Crippen LogP contribution in [-0.2, 0) is 17.8 Å². The molecule has 0 unspecified atom stereocenters. The third-order valence-corrected chi connectivity index (χ3v) is 6.44. The Morgan fingerprint density at radius 3 is 2.82 bits per heavy atom. The largest absolute Gasteiger partial charge is 0.370 e. The smallest absolute Gasteiger partial charge is 0.181 e. The van der Waals surface area contributed by atoms with Gasteiger partial charge in [-0.2, -0.15) is 0 Å². The minimum atomic E-state index is -0.220. The van der Waals surface area contributed by atoms with E-state index in [1.807, 2.05) is 22.6 Å². The van der Waals surface area contributed by atoms with Crippen molar-refractivity contribution in [3.05, 3.63) is 54.1 Å². The average molecular weight is 387 g/mol. The Kier molecular flexibility index (Phi) is 3.19. The van der Waals surface area contributed by atoms with Crippen LogP contribution in [-0.4, -0.2) is 30.2 Å². The highest BCUT2D eigenvalue weighted by Crippen LogP contribution is 2.43. The SMILES string of the molecule is CC1(C)Cc2c(c(-c3ccccc3)nc3sc4c(ncn5cnnc45)c23)CO1. The molecule has 6 rings (SSSR count). The van der Waals surface area contributed by atoms with Crippen molar-refractivity contribution in [1.82, 2.24) is 24.6 Å². The van der Waals surface area contributed by atoms with E-state index in [-0.39, 0.29) is 5.60 Å². The average Bonchev–Trinajstić information content (AvgIpc) is 3.31. The molecule has 0 bridgehead atoms. The van der Waals surface area contributed by atoms with Gasteiger partial charge in [0.25, 0.3) is 0 Å². The Hall–Kier alpha value is -2.90. The zero-order valence-corrected chi connectivity index (χ0v) is 16.3. The Labute approximate surface area is 164 Å². The van der Waals surface area contributed by atoms with E-state index in [2.05, 4.69) is 36.2 Å². The lowest BCUT2D eigenvalue weighted by Gasteiger charge is -2.33. The van der Waals surface area contributed by atoms with Crippen LogP contribution in [0.25, 0.3) is 37.3 Å². The van der Waals surface area contributed by atoms with Gasteiger partial charge >= 0.3 is 0 Å². The lowest BCUT2D eigenvalue weighted by Crippen LogP contribution is -2.32. The molecule has 5 aromatic rings. The lowest BCUT2D eigenvalue weighted by atomic mass is 9.88. The van der Waals surface area contributed by atoms with E-state index in [4.69, 9.17) is 14.7 Å². The molecule has 0 atom stereocenters. The first-order chi connectivity index (χ1) is 13.6. The van der Waals surface area contributed by atoms with Crippen LogP contribution in [0.1, 0.15) is 25.0 Å². The summed E-state index contributed by atoms with van der Waals surface area (Å²) in [5, 5.41) is 9.47. The van der Waals surface area contributed by atoms with Gasteiger partial charge < -0.3 is 4.74 Å². The molecule has 0 amide bonds. The molecule has 0 N–H and O–H groups in total. The van der Waals surface area contributed by atoms with Gasteiger partial charge in [-0.15, -0.1) is 21.5 Å². The molecule has 4 aromatic heterocycles. The minimum absolute atomic E-state index is 0.220. The van der Waals surface area contributed by atoms with E-state index in [1.165, 1.54) is 11.1 Å². The molecule has 0 spiro atoms. The number of hydrogen-bond donors (Lipinski definition) is 0. The second-order valence-corrected chi connectivity index (χ2v) is 8.77. The molecule has 1 aliphatic heterocycles. The zero-order valence-electron chi connectivity index (χ0n) is 15.5. The number of benzene rings is 1. The topological polar surface area (TPSA) is 65.2 Å². The number of hydrogen-bond acceptors (Lipinski definition) is 6. The van der Waals surface area contributed by atoms with Crippen LogP contribution in [0.4, 0.5) is 0 Å². The number of nitrogens with zero attached hydrogens (tertiary/aromatic N) is 5. The Bertz CT molecular complexity index is 1370. The maximum absolute atomic E-state index is 6.17. The molecule has 0 aliphatic carbocycles. The summed E-state index contributed by atoms with van der Waals surface area (Å²) in [5.74, 6) is 0. The van der Waals surface area contributed by atoms with Crippen molar-refractivity contribution in [3.63, 3.8) is 0 Å². The van der Waals surface area contributed by atoms with Crippen molar-refractivity contribution in [3.8, 4) is 11.3 Å². The van der Waals surface area contributed by atoms with Gasteiger partial charge in [0.2, 0.25) is 0 Å². The van der Waals surface area contributed by atoms with Gasteiger partial charge in [-0.05, 0) is 19.4 Å². The number of thiophene rings is 1. The Morgan fingerprint density at radius 2 is 1.96 bits per heavy atom. The van der Waals surface area contributed by atoms with Crippen molar-refractivity contribution in [2.75, 3.05) is 0 Å². The van der Waals surface area contributed by atoms with Crippen LogP contribution in [0.5, 0.6) is 0 Å². The van der Waals surface area contributed by atoms with E-state index >= 15 is 0 Å².